The number of nitrogens with zero attached hydrogens (tertiary/aromatic N) is 3. The summed E-state index contributed by atoms with van der Waals surface area (Å²) < 4.78 is 2.15. The topological polar surface area (TPSA) is 33.1 Å². The van der Waals surface area contributed by atoms with Crippen molar-refractivity contribution in [2.24, 2.45) is 0 Å². The molecule has 1 unspecified atom stereocenters. The van der Waals surface area contributed by atoms with Crippen LogP contribution in [-0.4, -0.2) is 34.7 Å². The minimum absolute atomic E-state index is 0.501. The number of anilines is 1. The van der Waals surface area contributed by atoms with Crippen LogP contribution in [0.2, 0.25) is 5.02 Å². The first-order chi connectivity index (χ1) is 11.3. The molecule has 1 atom stereocenters. The van der Waals surface area contributed by atoms with E-state index in [0.717, 1.165) is 49.6 Å². The number of piperidine rings is 1. The van der Waals surface area contributed by atoms with E-state index < -0.39 is 0 Å². The zero-order chi connectivity index (χ0) is 16.1. The lowest BCUT2D eigenvalue weighted by Gasteiger charge is -2.36. The Hall–Kier alpha value is -1.52. The van der Waals surface area contributed by atoms with Gasteiger partial charge >= 0.3 is 0 Å². The fraction of sp³-hybridized carbons (Fsp3) is 0.500. The van der Waals surface area contributed by atoms with Gasteiger partial charge in [0.15, 0.2) is 0 Å². The van der Waals surface area contributed by atoms with Gasteiger partial charge in [0, 0.05) is 44.1 Å². The predicted molar refractivity (Wildman–Crippen MR) is 96.1 cm³/mol. The van der Waals surface area contributed by atoms with Crippen molar-refractivity contribution in [3.63, 3.8) is 0 Å². The first-order valence-corrected chi connectivity index (χ1v) is 8.85. The predicted octanol–water partition coefficient (Wildman–Crippen LogP) is 3.57. The van der Waals surface area contributed by atoms with Crippen molar-refractivity contribution in [1.29, 1.82) is 0 Å². The number of rotatable bonds is 6. The molecule has 0 spiro atoms. The van der Waals surface area contributed by atoms with Crippen LogP contribution < -0.4 is 10.2 Å². The van der Waals surface area contributed by atoms with Gasteiger partial charge in [-0.25, -0.2) is 4.98 Å². The third-order valence-electron chi connectivity index (χ3n) is 4.64. The van der Waals surface area contributed by atoms with Crippen molar-refractivity contribution < 1.29 is 0 Å². The van der Waals surface area contributed by atoms with Crippen LogP contribution in [0.1, 0.15) is 26.2 Å². The Morgan fingerprint density at radius 1 is 1.30 bits per heavy atom. The lowest BCUT2D eigenvalue weighted by molar-refractivity contribution is 0.336. The highest BCUT2D eigenvalue weighted by Crippen LogP contribution is 2.27. The Balaban J connectivity index is 1.51. The average molecular weight is 333 g/mol. The van der Waals surface area contributed by atoms with E-state index in [1.165, 1.54) is 0 Å². The summed E-state index contributed by atoms with van der Waals surface area (Å²) in [6.45, 7) is 5.35. The highest BCUT2D eigenvalue weighted by Gasteiger charge is 2.22. The Morgan fingerprint density at radius 3 is 2.74 bits per heavy atom. The molecule has 2 aromatic rings. The molecule has 0 aliphatic carbocycles. The number of halogens is 1. The van der Waals surface area contributed by atoms with Gasteiger partial charge < -0.3 is 14.8 Å². The van der Waals surface area contributed by atoms with Gasteiger partial charge in [0.2, 0.25) is 0 Å². The molecule has 1 aliphatic heterocycles. The van der Waals surface area contributed by atoms with E-state index in [-0.39, 0.29) is 0 Å². The Morgan fingerprint density at radius 2 is 2.09 bits per heavy atom. The molecule has 1 fully saturated rings. The molecule has 0 bridgehead atoms. The monoisotopic (exact) mass is 332 g/mol. The van der Waals surface area contributed by atoms with Gasteiger partial charge in [0.05, 0.1) is 17.0 Å². The van der Waals surface area contributed by atoms with Crippen molar-refractivity contribution in [3.05, 3.63) is 48.0 Å². The number of imidazole rings is 1. The molecule has 23 heavy (non-hydrogen) atoms. The third kappa shape index (κ3) is 4.27. The first-order valence-electron chi connectivity index (χ1n) is 8.47. The maximum Gasteiger partial charge on any atom is 0.0946 e. The lowest BCUT2D eigenvalue weighted by atomic mass is 10.0. The van der Waals surface area contributed by atoms with E-state index in [1.54, 1.807) is 0 Å². The Kier molecular flexibility index (Phi) is 5.57. The number of hydrogen-bond donors (Lipinski definition) is 1. The number of hydrogen-bond acceptors (Lipinski definition) is 3. The van der Waals surface area contributed by atoms with Crippen LogP contribution in [0.25, 0.3) is 0 Å². The van der Waals surface area contributed by atoms with Gasteiger partial charge in [0.25, 0.3) is 0 Å². The normalized spacial score (nSPS) is 17.4. The second kappa shape index (κ2) is 7.84. The van der Waals surface area contributed by atoms with E-state index in [1.807, 2.05) is 30.9 Å². The van der Waals surface area contributed by atoms with Crippen LogP contribution in [-0.2, 0) is 6.54 Å². The minimum atomic E-state index is 0.501. The second-order valence-electron chi connectivity index (χ2n) is 6.24. The highest BCUT2D eigenvalue weighted by molar-refractivity contribution is 6.33. The summed E-state index contributed by atoms with van der Waals surface area (Å²) in [5.74, 6) is 0. The van der Waals surface area contributed by atoms with Crippen LogP contribution in [0.15, 0.2) is 43.0 Å². The number of para-hydroxylation sites is 1. The molecule has 1 aliphatic rings. The lowest BCUT2D eigenvalue weighted by Crippen LogP contribution is -2.47. The average Bonchev–Trinajstić information content (AvgIpc) is 3.08. The third-order valence-corrected chi connectivity index (χ3v) is 4.96. The maximum absolute atomic E-state index is 6.31. The molecule has 124 valence electrons. The van der Waals surface area contributed by atoms with Crippen molar-refractivity contribution in [1.82, 2.24) is 14.9 Å². The van der Waals surface area contributed by atoms with E-state index >= 15 is 0 Å². The zero-order valence-corrected chi connectivity index (χ0v) is 14.4. The zero-order valence-electron chi connectivity index (χ0n) is 13.7. The molecule has 4 nitrogen and oxygen atoms in total. The van der Waals surface area contributed by atoms with Gasteiger partial charge in [-0.2, -0.15) is 0 Å². The van der Waals surface area contributed by atoms with Crippen LogP contribution >= 0.6 is 11.6 Å². The molecule has 1 aromatic heterocycles. The molecule has 1 aromatic carbocycles. The summed E-state index contributed by atoms with van der Waals surface area (Å²) in [7, 11) is 0. The van der Waals surface area contributed by atoms with E-state index in [9.17, 15) is 0 Å². The van der Waals surface area contributed by atoms with Crippen molar-refractivity contribution in [2.45, 2.75) is 44.8 Å². The van der Waals surface area contributed by atoms with E-state index in [2.05, 4.69) is 38.8 Å². The largest absolute Gasteiger partial charge is 0.370 e. The van der Waals surface area contributed by atoms with Crippen LogP contribution in [0.4, 0.5) is 5.69 Å². The summed E-state index contributed by atoms with van der Waals surface area (Å²) in [5.41, 5.74) is 1.16. The standard InChI is InChI=1S/C18H25ClN4/c1-2-15(13-22-12-9-20-14-22)21-16-7-10-23(11-8-16)18-6-4-3-5-17(18)19/h3-6,9,12,14-16,21H,2,7-8,10-11,13H2,1H3. The molecule has 1 N–H and O–H groups in total. The smallest absolute Gasteiger partial charge is 0.0946 e. The summed E-state index contributed by atoms with van der Waals surface area (Å²) >= 11 is 6.31. The fourth-order valence-corrected chi connectivity index (χ4v) is 3.53. The Bertz CT molecular complexity index is 591. The molecule has 2 heterocycles. The van der Waals surface area contributed by atoms with Gasteiger partial charge in [-0.3, -0.25) is 0 Å². The van der Waals surface area contributed by atoms with Crippen molar-refractivity contribution in [3.8, 4) is 0 Å². The summed E-state index contributed by atoms with van der Waals surface area (Å²) in [4.78, 5) is 6.52. The summed E-state index contributed by atoms with van der Waals surface area (Å²) in [6.07, 6.45) is 9.21. The molecule has 0 radical (unpaired) electrons. The van der Waals surface area contributed by atoms with Crippen LogP contribution in [0.5, 0.6) is 0 Å². The molecule has 0 amide bonds. The second-order valence-corrected chi connectivity index (χ2v) is 6.65. The SMILES string of the molecule is CCC(Cn1ccnc1)NC1CCN(c2ccccc2Cl)CC1. The van der Waals surface area contributed by atoms with E-state index in [4.69, 9.17) is 11.6 Å². The van der Waals surface area contributed by atoms with Gasteiger partial charge in [-0.05, 0) is 31.4 Å². The molecule has 1 saturated heterocycles. The van der Waals surface area contributed by atoms with E-state index in [0.29, 0.717) is 12.1 Å². The molecule has 3 rings (SSSR count). The summed E-state index contributed by atoms with van der Waals surface area (Å²) in [5, 5.41) is 4.67. The Labute approximate surface area is 143 Å². The van der Waals surface area contributed by atoms with Gasteiger partial charge in [-0.15, -0.1) is 0 Å². The van der Waals surface area contributed by atoms with Crippen molar-refractivity contribution >= 4 is 17.3 Å². The van der Waals surface area contributed by atoms with Crippen LogP contribution in [0.3, 0.4) is 0 Å². The first kappa shape index (κ1) is 16.3. The molecule has 5 heteroatoms. The van der Waals surface area contributed by atoms with Crippen molar-refractivity contribution in [2.75, 3.05) is 18.0 Å². The number of aromatic nitrogens is 2. The molecule has 0 saturated carbocycles. The number of benzene rings is 1. The quantitative estimate of drug-likeness (QED) is 0.877. The van der Waals surface area contributed by atoms with Gasteiger partial charge in [0.1, 0.15) is 0 Å². The molecular weight excluding hydrogens is 308 g/mol. The number of nitrogens with one attached hydrogen (secondary N) is 1. The van der Waals surface area contributed by atoms with Gasteiger partial charge in [-0.1, -0.05) is 30.7 Å². The highest BCUT2D eigenvalue weighted by atomic mass is 35.5. The summed E-state index contributed by atoms with van der Waals surface area (Å²) in [6, 6.07) is 9.22. The maximum atomic E-state index is 6.31. The fourth-order valence-electron chi connectivity index (χ4n) is 3.28. The molecular formula is C18H25ClN4. The minimum Gasteiger partial charge on any atom is -0.370 e. The van der Waals surface area contributed by atoms with Crippen LogP contribution in [0, 0.1) is 0 Å².